The van der Waals surface area contributed by atoms with Crippen LogP contribution in [0.15, 0.2) is 82.0 Å². The van der Waals surface area contributed by atoms with Gasteiger partial charge in [0.1, 0.15) is 5.75 Å². The number of aromatic hydroxyl groups is 1. The van der Waals surface area contributed by atoms with Crippen LogP contribution in [-0.2, 0) is 0 Å². The molecule has 1 N–H and O–H groups in total. The fraction of sp³-hybridized carbons (Fsp3) is 0. The van der Waals surface area contributed by atoms with E-state index in [1.54, 1.807) is 18.2 Å². The number of azo groups is 1. The predicted molar refractivity (Wildman–Crippen MR) is 102 cm³/mol. The van der Waals surface area contributed by atoms with Crippen LogP contribution < -0.4 is 0 Å². The molecular weight excluding hydrogens is 357 g/mol. The minimum atomic E-state index is -0.0527. The standard InChI is InChI=1S/C19H13Cl2N3O/c20-14-10-13(19(25)18(21)11-14)12-22-15-6-8-17(9-7-15)24-23-16-4-2-1-3-5-16/h1-12,25H. The first kappa shape index (κ1) is 17.1. The topological polar surface area (TPSA) is 57.3 Å². The molecule has 124 valence electrons. The number of hydrogen-bond acceptors (Lipinski definition) is 4. The summed E-state index contributed by atoms with van der Waals surface area (Å²) in [5, 5.41) is 18.9. The molecule has 4 nitrogen and oxygen atoms in total. The largest absolute Gasteiger partial charge is 0.506 e. The normalized spacial score (nSPS) is 11.4. The number of aliphatic imine (C=N–C) groups is 1. The predicted octanol–water partition coefficient (Wildman–Crippen LogP) is 6.87. The second kappa shape index (κ2) is 7.92. The van der Waals surface area contributed by atoms with E-state index in [4.69, 9.17) is 23.2 Å². The van der Waals surface area contributed by atoms with Gasteiger partial charge in [-0.1, -0.05) is 41.4 Å². The van der Waals surface area contributed by atoms with Crippen LogP contribution in [0.5, 0.6) is 5.75 Å². The van der Waals surface area contributed by atoms with Gasteiger partial charge in [0.15, 0.2) is 0 Å². The Labute approximate surface area is 155 Å². The Morgan fingerprint density at radius 3 is 2.04 bits per heavy atom. The summed E-state index contributed by atoms with van der Waals surface area (Å²) in [5.41, 5.74) is 2.66. The van der Waals surface area contributed by atoms with Crippen LogP contribution in [0, 0.1) is 0 Å². The van der Waals surface area contributed by atoms with Crippen molar-refractivity contribution in [1.82, 2.24) is 0 Å². The Morgan fingerprint density at radius 2 is 1.36 bits per heavy atom. The quantitative estimate of drug-likeness (QED) is 0.396. The van der Waals surface area contributed by atoms with Gasteiger partial charge in [0.05, 0.1) is 22.1 Å². The molecule has 0 atom stereocenters. The second-order valence-corrected chi connectivity index (χ2v) is 5.98. The summed E-state index contributed by atoms with van der Waals surface area (Å²) in [7, 11) is 0. The van der Waals surface area contributed by atoms with Crippen LogP contribution in [0.2, 0.25) is 10.0 Å². The van der Waals surface area contributed by atoms with Gasteiger partial charge in [0, 0.05) is 16.8 Å². The fourth-order valence-electron chi connectivity index (χ4n) is 2.04. The van der Waals surface area contributed by atoms with Crippen LogP contribution >= 0.6 is 23.2 Å². The molecule has 0 aromatic heterocycles. The van der Waals surface area contributed by atoms with Gasteiger partial charge in [-0.05, 0) is 48.5 Å². The van der Waals surface area contributed by atoms with Crippen molar-refractivity contribution in [2.45, 2.75) is 0 Å². The van der Waals surface area contributed by atoms with Crippen molar-refractivity contribution < 1.29 is 5.11 Å². The van der Waals surface area contributed by atoms with Crippen molar-refractivity contribution in [3.63, 3.8) is 0 Å². The molecule has 0 heterocycles. The van der Waals surface area contributed by atoms with Gasteiger partial charge in [0.25, 0.3) is 0 Å². The summed E-state index contributed by atoms with van der Waals surface area (Å²) in [6.45, 7) is 0. The highest BCUT2D eigenvalue weighted by atomic mass is 35.5. The highest BCUT2D eigenvalue weighted by molar-refractivity contribution is 6.36. The van der Waals surface area contributed by atoms with Gasteiger partial charge in [-0.3, -0.25) is 4.99 Å². The molecule has 0 bridgehead atoms. The van der Waals surface area contributed by atoms with Gasteiger partial charge in [0.2, 0.25) is 0 Å². The molecule has 0 aliphatic heterocycles. The average molecular weight is 370 g/mol. The zero-order valence-corrected chi connectivity index (χ0v) is 14.5. The first-order valence-electron chi connectivity index (χ1n) is 7.41. The van der Waals surface area contributed by atoms with Gasteiger partial charge in [-0.15, -0.1) is 0 Å². The van der Waals surface area contributed by atoms with E-state index >= 15 is 0 Å². The van der Waals surface area contributed by atoms with Crippen LogP contribution in [0.25, 0.3) is 0 Å². The number of nitrogens with zero attached hydrogens (tertiary/aromatic N) is 3. The van der Waals surface area contributed by atoms with E-state index in [1.807, 2.05) is 42.5 Å². The Morgan fingerprint density at radius 1 is 0.760 bits per heavy atom. The second-order valence-electron chi connectivity index (χ2n) is 5.14. The Balaban J connectivity index is 1.74. The third kappa shape index (κ3) is 4.66. The van der Waals surface area contributed by atoms with Crippen molar-refractivity contribution in [1.29, 1.82) is 0 Å². The summed E-state index contributed by atoms with van der Waals surface area (Å²) in [6, 6.07) is 19.8. The summed E-state index contributed by atoms with van der Waals surface area (Å²) in [4.78, 5) is 4.30. The number of phenols is 1. The van der Waals surface area contributed by atoms with Crippen LogP contribution in [0.1, 0.15) is 5.56 Å². The number of hydrogen-bond donors (Lipinski definition) is 1. The summed E-state index contributed by atoms with van der Waals surface area (Å²) >= 11 is 11.8. The average Bonchev–Trinajstić information content (AvgIpc) is 2.63. The van der Waals surface area contributed by atoms with E-state index in [2.05, 4.69) is 15.2 Å². The molecule has 3 aromatic rings. The van der Waals surface area contributed by atoms with E-state index < -0.39 is 0 Å². The Bertz CT molecular complexity index is 923. The van der Waals surface area contributed by atoms with Crippen molar-refractivity contribution in [2.24, 2.45) is 15.2 Å². The first-order chi connectivity index (χ1) is 12.1. The maximum Gasteiger partial charge on any atom is 0.143 e. The van der Waals surface area contributed by atoms with E-state index in [1.165, 1.54) is 12.3 Å². The molecule has 3 rings (SSSR count). The lowest BCUT2D eigenvalue weighted by atomic mass is 10.2. The third-order valence-corrected chi connectivity index (χ3v) is 3.80. The molecule has 0 saturated heterocycles. The van der Waals surface area contributed by atoms with Gasteiger partial charge >= 0.3 is 0 Å². The smallest absolute Gasteiger partial charge is 0.143 e. The molecule has 0 aliphatic rings. The van der Waals surface area contributed by atoms with E-state index in [-0.39, 0.29) is 10.8 Å². The molecule has 0 saturated carbocycles. The van der Waals surface area contributed by atoms with Gasteiger partial charge in [-0.2, -0.15) is 10.2 Å². The van der Waals surface area contributed by atoms with Gasteiger partial charge in [-0.25, -0.2) is 0 Å². The molecule has 0 fully saturated rings. The monoisotopic (exact) mass is 369 g/mol. The minimum Gasteiger partial charge on any atom is -0.506 e. The lowest BCUT2D eigenvalue weighted by molar-refractivity contribution is 0.475. The zero-order chi connectivity index (χ0) is 17.6. The van der Waals surface area contributed by atoms with E-state index in [0.29, 0.717) is 16.3 Å². The molecule has 6 heteroatoms. The highest BCUT2D eigenvalue weighted by Crippen LogP contribution is 2.30. The lowest BCUT2D eigenvalue weighted by Crippen LogP contribution is -1.83. The maximum atomic E-state index is 9.91. The SMILES string of the molecule is Oc1c(Cl)cc(Cl)cc1C=Nc1ccc(N=Nc2ccccc2)cc1. The fourth-order valence-corrected chi connectivity index (χ4v) is 2.55. The lowest BCUT2D eigenvalue weighted by Gasteiger charge is -2.02. The molecule has 0 amide bonds. The number of phenolic OH excluding ortho intramolecular Hbond substituents is 1. The maximum absolute atomic E-state index is 9.91. The van der Waals surface area contributed by atoms with Crippen LogP contribution in [0.3, 0.4) is 0 Å². The van der Waals surface area contributed by atoms with Crippen LogP contribution in [-0.4, -0.2) is 11.3 Å². The van der Waals surface area contributed by atoms with E-state index in [0.717, 1.165) is 11.4 Å². The Hall–Kier alpha value is -2.69. The highest BCUT2D eigenvalue weighted by Gasteiger charge is 2.05. The summed E-state index contributed by atoms with van der Waals surface area (Å²) < 4.78 is 0. The molecule has 3 aromatic carbocycles. The third-order valence-electron chi connectivity index (χ3n) is 3.30. The first-order valence-corrected chi connectivity index (χ1v) is 8.16. The Kier molecular flexibility index (Phi) is 5.43. The zero-order valence-electron chi connectivity index (χ0n) is 13.0. The molecule has 0 spiro atoms. The van der Waals surface area contributed by atoms with E-state index in [9.17, 15) is 5.11 Å². The van der Waals surface area contributed by atoms with Crippen LogP contribution in [0.4, 0.5) is 17.1 Å². The van der Waals surface area contributed by atoms with Crippen molar-refractivity contribution >= 4 is 46.5 Å². The number of rotatable bonds is 4. The molecular formula is C19H13Cl2N3O. The van der Waals surface area contributed by atoms with Gasteiger partial charge < -0.3 is 5.11 Å². The van der Waals surface area contributed by atoms with Crippen molar-refractivity contribution in [3.05, 3.63) is 82.3 Å². The molecule has 0 radical (unpaired) electrons. The molecule has 0 unspecified atom stereocenters. The minimum absolute atomic E-state index is 0.0527. The summed E-state index contributed by atoms with van der Waals surface area (Å²) in [6.07, 6.45) is 1.51. The molecule has 25 heavy (non-hydrogen) atoms. The van der Waals surface area contributed by atoms with Crippen molar-refractivity contribution in [2.75, 3.05) is 0 Å². The van der Waals surface area contributed by atoms with Crippen molar-refractivity contribution in [3.8, 4) is 5.75 Å². The number of benzene rings is 3. The summed E-state index contributed by atoms with van der Waals surface area (Å²) in [5.74, 6) is -0.0527. The number of halogens is 2. The molecule has 0 aliphatic carbocycles.